The Kier molecular flexibility index (Phi) is 3.67. The lowest BCUT2D eigenvalue weighted by atomic mass is 9.84. The minimum atomic E-state index is 0.234. The Morgan fingerprint density at radius 1 is 0.455 bits per heavy atom. The molecule has 0 radical (unpaired) electrons. The van der Waals surface area contributed by atoms with Crippen LogP contribution in [0.4, 0.5) is 0 Å². The summed E-state index contributed by atoms with van der Waals surface area (Å²) in [6.45, 7) is 0. The van der Waals surface area contributed by atoms with Crippen LogP contribution in [0.1, 0.15) is 20.8 Å². The smallest absolute Gasteiger partial charge is 0.0567 e. The molecule has 3 aromatic rings. The van der Waals surface area contributed by atoms with Gasteiger partial charge in [0.2, 0.25) is 0 Å². The molecule has 0 saturated heterocycles. The van der Waals surface area contributed by atoms with Crippen molar-refractivity contribution in [1.29, 1.82) is 0 Å². The normalized spacial score (nSPS) is 19.4. The molecule has 0 aromatic heterocycles. The third kappa shape index (κ3) is 2.17. The number of benzene rings is 3. The SMILES string of the molecule is Br[C@@H]1c2ccccc2-c2ccccc2-c2ccccc2[C@@H]1Br. The fourth-order valence-corrected chi connectivity index (χ4v) is 4.60. The lowest BCUT2D eigenvalue weighted by Crippen LogP contribution is -2.06. The highest BCUT2D eigenvalue weighted by Crippen LogP contribution is 2.51. The van der Waals surface area contributed by atoms with Crippen molar-refractivity contribution in [3.8, 4) is 22.3 Å². The van der Waals surface area contributed by atoms with Gasteiger partial charge in [-0.2, -0.15) is 0 Å². The Hall–Kier alpha value is -1.38. The summed E-state index contributed by atoms with van der Waals surface area (Å²) in [5.41, 5.74) is 7.86. The van der Waals surface area contributed by atoms with Gasteiger partial charge in [-0.15, -0.1) is 0 Å². The molecule has 22 heavy (non-hydrogen) atoms. The van der Waals surface area contributed by atoms with Crippen LogP contribution < -0.4 is 0 Å². The fourth-order valence-electron chi connectivity index (χ4n) is 3.23. The molecule has 0 saturated carbocycles. The molecular weight excluding hydrogens is 400 g/mol. The fraction of sp³-hybridized carbons (Fsp3) is 0.100. The van der Waals surface area contributed by atoms with Crippen LogP contribution in [0, 0.1) is 0 Å². The molecule has 1 aliphatic rings. The van der Waals surface area contributed by atoms with Gasteiger partial charge in [-0.25, -0.2) is 0 Å². The Morgan fingerprint density at radius 3 is 1.18 bits per heavy atom. The first-order valence-corrected chi connectivity index (χ1v) is 9.16. The monoisotopic (exact) mass is 412 g/mol. The summed E-state index contributed by atoms with van der Waals surface area (Å²) in [5, 5.41) is 0. The molecule has 0 fully saturated rings. The molecule has 1 aliphatic carbocycles. The number of halogens is 2. The molecule has 0 N–H and O–H groups in total. The van der Waals surface area contributed by atoms with E-state index >= 15 is 0 Å². The molecule has 2 heteroatoms. The summed E-state index contributed by atoms with van der Waals surface area (Å²) in [6.07, 6.45) is 0. The number of alkyl halides is 2. The molecule has 4 rings (SSSR count). The van der Waals surface area contributed by atoms with Crippen LogP contribution >= 0.6 is 31.9 Å². The van der Waals surface area contributed by atoms with Gasteiger partial charge in [-0.05, 0) is 33.4 Å². The van der Waals surface area contributed by atoms with Gasteiger partial charge in [0.15, 0.2) is 0 Å². The molecule has 0 bridgehead atoms. The summed E-state index contributed by atoms with van der Waals surface area (Å²) < 4.78 is 0. The largest absolute Gasteiger partial charge is 0.0823 e. The van der Waals surface area contributed by atoms with Crippen LogP contribution in [0.2, 0.25) is 0 Å². The van der Waals surface area contributed by atoms with E-state index in [1.165, 1.54) is 33.4 Å². The van der Waals surface area contributed by atoms with E-state index in [1.54, 1.807) is 0 Å². The molecule has 0 spiro atoms. The van der Waals surface area contributed by atoms with Gasteiger partial charge in [-0.1, -0.05) is 105 Å². The standard InChI is InChI=1S/C20H14Br2/c21-19-17-11-5-3-9-15(17)13-7-1-2-8-14(13)16-10-4-6-12-18(16)20(19)22/h1-12,19-20H/t19-,20+. The van der Waals surface area contributed by atoms with Crippen molar-refractivity contribution in [2.45, 2.75) is 9.65 Å². The maximum atomic E-state index is 3.91. The summed E-state index contributed by atoms with van der Waals surface area (Å²) in [7, 11) is 0. The predicted molar refractivity (Wildman–Crippen MR) is 101 cm³/mol. The number of fused-ring (bicyclic) bond motifs is 5. The maximum Gasteiger partial charge on any atom is 0.0567 e. The Bertz CT molecular complexity index is 768. The minimum absolute atomic E-state index is 0.234. The van der Waals surface area contributed by atoms with Gasteiger partial charge >= 0.3 is 0 Å². The topological polar surface area (TPSA) is 0 Å². The van der Waals surface area contributed by atoms with Crippen LogP contribution in [0.3, 0.4) is 0 Å². The van der Waals surface area contributed by atoms with E-state index in [-0.39, 0.29) is 9.65 Å². The van der Waals surface area contributed by atoms with Crippen molar-refractivity contribution in [3.05, 3.63) is 83.9 Å². The van der Waals surface area contributed by atoms with Crippen LogP contribution in [0.25, 0.3) is 22.3 Å². The van der Waals surface area contributed by atoms with Crippen molar-refractivity contribution >= 4 is 31.9 Å². The van der Waals surface area contributed by atoms with E-state index in [0.717, 1.165) is 0 Å². The third-order valence-corrected chi connectivity index (χ3v) is 7.03. The van der Waals surface area contributed by atoms with Gasteiger partial charge in [-0.3, -0.25) is 0 Å². The Labute approximate surface area is 147 Å². The van der Waals surface area contributed by atoms with Gasteiger partial charge < -0.3 is 0 Å². The van der Waals surface area contributed by atoms with E-state index in [0.29, 0.717) is 0 Å². The van der Waals surface area contributed by atoms with Crippen molar-refractivity contribution in [2.24, 2.45) is 0 Å². The average molecular weight is 414 g/mol. The molecule has 0 unspecified atom stereocenters. The zero-order valence-electron chi connectivity index (χ0n) is 11.8. The zero-order chi connectivity index (χ0) is 15.1. The van der Waals surface area contributed by atoms with Crippen molar-refractivity contribution in [2.75, 3.05) is 0 Å². The van der Waals surface area contributed by atoms with Crippen LogP contribution in [-0.2, 0) is 0 Å². The molecule has 3 aromatic carbocycles. The Morgan fingerprint density at radius 2 is 0.773 bits per heavy atom. The molecule has 2 atom stereocenters. The second kappa shape index (κ2) is 5.68. The van der Waals surface area contributed by atoms with E-state index in [4.69, 9.17) is 0 Å². The summed E-state index contributed by atoms with van der Waals surface area (Å²) >= 11 is 7.82. The molecule has 0 heterocycles. The van der Waals surface area contributed by atoms with E-state index in [2.05, 4.69) is 105 Å². The van der Waals surface area contributed by atoms with Gasteiger partial charge in [0, 0.05) is 0 Å². The molecule has 0 aliphatic heterocycles. The van der Waals surface area contributed by atoms with E-state index in [9.17, 15) is 0 Å². The van der Waals surface area contributed by atoms with Crippen molar-refractivity contribution in [3.63, 3.8) is 0 Å². The highest BCUT2D eigenvalue weighted by Gasteiger charge is 2.28. The summed E-state index contributed by atoms with van der Waals surface area (Å²) in [6, 6.07) is 26.0. The van der Waals surface area contributed by atoms with Gasteiger partial charge in [0.25, 0.3) is 0 Å². The van der Waals surface area contributed by atoms with E-state index < -0.39 is 0 Å². The number of rotatable bonds is 0. The summed E-state index contributed by atoms with van der Waals surface area (Å²) in [4.78, 5) is 0.469. The molecule has 0 amide bonds. The average Bonchev–Trinajstić information content (AvgIpc) is 2.60. The second-order valence-corrected chi connectivity index (χ2v) is 7.50. The molecular formula is C20H14Br2. The van der Waals surface area contributed by atoms with Crippen LogP contribution in [0.5, 0.6) is 0 Å². The number of hydrogen-bond donors (Lipinski definition) is 0. The highest BCUT2D eigenvalue weighted by molar-refractivity contribution is 9.12. The zero-order valence-corrected chi connectivity index (χ0v) is 15.0. The first-order chi connectivity index (χ1) is 10.8. The van der Waals surface area contributed by atoms with Gasteiger partial charge in [0.1, 0.15) is 0 Å². The maximum absolute atomic E-state index is 3.91. The van der Waals surface area contributed by atoms with Crippen LogP contribution in [-0.4, -0.2) is 0 Å². The van der Waals surface area contributed by atoms with Crippen molar-refractivity contribution < 1.29 is 0 Å². The first-order valence-electron chi connectivity index (χ1n) is 7.33. The first kappa shape index (κ1) is 14.2. The van der Waals surface area contributed by atoms with E-state index in [1.807, 2.05) is 0 Å². The molecule has 108 valence electrons. The lowest BCUT2D eigenvalue weighted by molar-refractivity contribution is 0.938. The highest BCUT2D eigenvalue weighted by atomic mass is 79.9. The lowest BCUT2D eigenvalue weighted by Gasteiger charge is -2.27. The second-order valence-electron chi connectivity index (χ2n) is 5.52. The number of hydrogen-bond acceptors (Lipinski definition) is 0. The predicted octanol–water partition coefficient (Wildman–Crippen LogP) is 6.91. The van der Waals surface area contributed by atoms with Crippen molar-refractivity contribution in [1.82, 2.24) is 0 Å². The molecule has 0 nitrogen and oxygen atoms in total. The minimum Gasteiger partial charge on any atom is -0.0823 e. The van der Waals surface area contributed by atoms with Crippen LogP contribution in [0.15, 0.2) is 72.8 Å². The van der Waals surface area contributed by atoms with Gasteiger partial charge in [0.05, 0.1) is 9.65 Å². The summed E-state index contributed by atoms with van der Waals surface area (Å²) in [5.74, 6) is 0. The quantitative estimate of drug-likeness (QED) is 0.351. The Balaban J connectivity index is 2.13. The third-order valence-electron chi connectivity index (χ3n) is 4.28.